The van der Waals surface area contributed by atoms with E-state index >= 15 is 0 Å². The van der Waals surface area contributed by atoms with Crippen molar-refractivity contribution in [2.45, 2.75) is 50.6 Å². The van der Waals surface area contributed by atoms with E-state index < -0.39 is 0 Å². The van der Waals surface area contributed by atoms with Crippen molar-refractivity contribution in [1.29, 1.82) is 0 Å². The second-order valence-electron chi connectivity index (χ2n) is 4.53. The topological polar surface area (TPSA) is 55.6 Å². The predicted molar refractivity (Wildman–Crippen MR) is 57.5 cm³/mol. The summed E-state index contributed by atoms with van der Waals surface area (Å²) in [6.07, 6.45) is 6.47. The van der Waals surface area contributed by atoms with Gasteiger partial charge in [-0.25, -0.2) is 4.79 Å². The first-order valence-electron chi connectivity index (χ1n) is 5.98. The van der Waals surface area contributed by atoms with Crippen LogP contribution in [0.4, 0.5) is 4.79 Å². The molecule has 2 rings (SSSR count). The molecule has 1 heterocycles. The van der Waals surface area contributed by atoms with Crippen molar-refractivity contribution in [2.24, 2.45) is 5.73 Å². The molecule has 4 heteroatoms. The molecule has 1 aliphatic carbocycles. The zero-order valence-corrected chi connectivity index (χ0v) is 9.15. The Balaban J connectivity index is 2.02. The van der Waals surface area contributed by atoms with E-state index in [1.165, 1.54) is 19.3 Å². The summed E-state index contributed by atoms with van der Waals surface area (Å²) in [5, 5.41) is 0. The molecule has 0 aromatic rings. The van der Waals surface area contributed by atoms with Crippen LogP contribution in [0.5, 0.6) is 0 Å². The molecule has 0 aromatic carbocycles. The number of cyclic esters (lactones) is 1. The minimum atomic E-state index is -0.163. The summed E-state index contributed by atoms with van der Waals surface area (Å²) < 4.78 is 5.06. The summed E-state index contributed by atoms with van der Waals surface area (Å²) in [5.74, 6) is 0. The zero-order chi connectivity index (χ0) is 10.7. The maximum Gasteiger partial charge on any atom is 0.410 e. The lowest BCUT2D eigenvalue weighted by atomic mass is 10.0. The number of amides is 1. The minimum Gasteiger partial charge on any atom is -0.449 e. The first-order chi connectivity index (χ1) is 7.29. The predicted octanol–water partition coefficient (Wildman–Crippen LogP) is 1.49. The highest BCUT2D eigenvalue weighted by molar-refractivity contribution is 5.68. The Morgan fingerprint density at radius 2 is 2.00 bits per heavy atom. The monoisotopic (exact) mass is 212 g/mol. The van der Waals surface area contributed by atoms with Crippen LogP contribution < -0.4 is 5.73 Å². The van der Waals surface area contributed by atoms with Gasteiger partial charge in [-0.05, 0) is 19.3 Å². The molecule has 1 saturated carbocycles. The average molecular weight is 212 g/mol. The van der Waals surface area contributed by atoms with Gasteiger partial charge in [0.2, 0.25) is 0 Å². The fourth-order valence-corrected chi connectivity index (χ4v) is 2.57. The van der Waals surface area contributed by atoms with Crippen LogP contribution in [0.1, 0.15) is 38.5 Å². The molecule has 2 atom stereocenters. The van der Waals surface area contributed by atoms with Gasteiger partial charge in [0.15, 0.2) is 0 Å². The molecule has 1 aliphatic heterocycles. The fourth-order valence-electron chi connectivity index (χ4n) is 2.57. The van der Waals surface area contributed by atoms with Crippen LogP contribution in [0.25, 0.3) is 0 Å². The van der Waals surface area contributed by atoms with Crippen molar-refractivity contribution in [3.63, 3.8) is 0 Å². The molecular weight excluding hydrogens is 192 g/mol. The molecule has 0 bridgehead atoms. The number of carbonyl (C=O) groups is 1. The fraction of sp³-hybridized carbons (Fsp3) is 0.909. The normalized spacial score (nSPS) is 33.4. The quantitative estimate of drug-likeness (QED) is 0.670. The third kappa shape index (κ3) is 2.43. The zero-order valence-electron chi connectivity index (χ0n) is 9.15. The Bertz CT molecular complexity index is 233. The molecular formula is C11H20N2O2. The lowest BCUT2D eigenvalue weighted by molar-refractivity contribution is 0.0480. The summed E-state index contributed by atoms with van der Waals surface area (Å²) in [5.41, 5.74) is 6.12. The number of nitrogens with two attached hydrogens (primary N) is 1. The van der Waals surface area contributed by atoms with Gasteiger partial charge in [-0.1, -0.05) is 19.3 Å². The molecule has 2 unspecified atom stereocenters. The number of ether oxygens (including phenoxy) is 1. The van der Waals surface area contributed by atoms with Crippen molar-refractivity contribution in [2.75, 3.05) is 13.2 Å². The summed E-state index contributed by atoms with van der Waals surface area (Å²) in [6, 6.07) is 0.346. The molecule has 0 radical (unpaired) electrons. The summed E-state index contributed by atoms with van der Waals surface area (Å²) in [7, 11) is 0. The molecule has 4 nitrogen and oxygen atoms in total. The summed E-state index contributed by atoms with van der Waals surface area (Å²) in [6.45, 7) is 1.38. The van der Waals surface area contributed by atoms with E-state index in [1.54, 1.807) is 0 Å². The number of nitrogens with zero attached hydrogens (tertiary/aromatic N) is 1. The highest BCUT2D eigenvalue weighted by Crippen LogP contribution is 2.23. The van der Waals surface area contributed by atoms with Gasteiger partial charge < -0.3 is 15.4 Å². The Morgan fingerprint density at radius 3 is 2.80 bits per heavy atom. The average Bonchev–Trinajstić information content (AvgIpc) is 2.44. The Kier molecular flexibility index (Phi) is 3.46. The number of hydrogen-bond donors (Lipinski definition) is 1. The number of rotatable bonds is 1. The van der Waals surface area contributed by atoms with E-state index in [1.807, 2.05) is 4.90 Å². The van der Waals surface area contributed by atoms with Gasteiger partial charge in [-0.15, -0.1) is 0 Å². The first-order valence-corrected chi connectivity index (χ1v) is 5.98. The second-order valence-corrected chi connectivity index (χ2v) is 4.53. The molecule has 0 spiro atoms. The third-order valence-electron chi connectivity index (χ3n) is 3.44. The number of hydrogen-bond acceptors (Lipinski definition) is 3. The van der Waals surface area contributed by atoms with E-state index in [4.69, 9.17) is 10.5 Å². The molecule has 1 amide bonds. The Morgan fingerprint density at radius 1 is 1.20 bits per heavy atom. The van der Waals surface area contributed by atoms with Crippen LogP contribution in [-0.4, -0.2) is 36.2 Å². The van der Waals surface area contributed by atoms with Gasteiger partial charge in [-0.3, -0.25) is 0 Å². The maximum atomic E-state index is 11.6. The van der Waals surface area contributed by atoms with Gasteiger partial charge >= 0.3 is 6.09 Å². The highest BCUT2D eigenvalue weighted by Gasteiger charge is 2.32. The van der Waals surface area contributed by atoms with Crippen LogP contribution in [0.15, 0.2) is 0 Å². The van der Waals surface area contributed by atoms with Gasteiger partial charge in [0.05, 0.1) is 12.6 Å². The van der Waals surface area contributed by atoms with Crippen molar-refractivity contribution in [3.8, 4) is 0 Å². The van der Waals surface area contributed by atoms with Crippen molar-refractivity contribution >= 4 is 6.09 Å². The Hall–Kier alpha value is -0.770. The van der Waals surface area contributed by atoms with Crippen molar-refractivity contribution in [1.82, 2.24) is 4.90 Å². The first kappa shape index (κ1) is 10.7. The van der Waals surface area contributed by atoms with Crippen LogP contribution in [0, 0.1) is 0 Å². The van der Waals surface area contributed by atoms with E-state index in [-0.39, 0.29) is 18.2 Å². The second kappa shape index (κ2) is 4.84. The lowest BCUT2D eigenvalue weighted by Gasteiger charge is -2.36. The van der Waals surface area contributed by atoms with E-state index in [0.717, 1.165) is 25.8 Å². The molecule has 15 heavy (non-hydrogen) atoms. The van der Waals surface area contributed by atoms with Gasteiger partial charge in [-0.2, -0.15) is 0 Å². The molecule has 2 fully saturated rings. The molecule has 2 N–H and O–H groups in total. The van der Waals surface area contributed by atoms with E-state index in [9.17, 15) is 4.79 Å². The van der Waals surface area contributed by atoms with E-state index in [0.29, 0.717) is 6.61 Å². The van der Waals surface area contributed by atoms with Crippen LogP contribution >= 0.6 is 0 Å². The molecule has 2 aliphatic rings. The lowest BCUT2D eigenvalue weighted by Crippen LogP contribution is -2.52. The van der Waals surface area contributed by atoms with Crippen LogP contribution in [0.3, 0.4) is 0 Å². The number of carbonyl (C=O) groups excluding carboxylic acids is 1. The SMILES string of the molecule is NC1CCCCCC1N1CCCOC1=O. The minimum absolute atomic E-state index is 0.137. The Labute approximate surface area is 90.8 Å². The third-order valence-corrected chi connectivity index (χ3v) is 3.44. The van der Waals surface area contributed by atoms with Crippen LogP contribution in [-0.2, 0) is 4.74 Å². The standard InChI is InChI=1S/C11H20N2O2/c12-9-5-2-1-3-6-10(9)13-7-4-8-15-11(13)14/h9-10H,1-8,12H2. The molecule has 0 aromatic heterocycles. The summed E-state index contributed by atoms with van der Waals surface area (Å²) in [4.78, 5) is 13.4. The van der Waals surface area contributed by atoms with Crippen molar-refractivity contribution < 1.29 is 9.53 Å². The highest BCUT2D eigenvalue weighted by atomic mass is 16.6. The smallest absolute Gasteiger partial charge is 0.410 e. The largest absolute Gasteiger partial charge is 0.449 e. The molecule has 86 valence electrons. The molecule has 1 saturated heterocycles. The summed E-state index contributed by atoms with van der Waals surface area (Å²) >= 11 is 0. The van der Waals surface area contributed by atoms with Gasteiger partial charge in [0, 0.05) is 12.6 Å². The van der Waals surface area contributed by atoms with Gasteiger partial charge in [0.25, 0.3) is 0 Å². The van der Waals surface area contributed by atoms with E-state index in [2.05, 4.69) is 0 Å². The van der Waals surface area contributed by atoms with Gasteiger partial charge in [0.1, 0.15) is 0 Å². The maximum absolute atomic E-state index is 11.6. The van der Waals surface area contributed by atoms with Crippen LogP contribution in [0.2, 0.25) is 0 Å². The van der Waals surface area contributed by atoms with Crippen molar-refractivity contribution in [3.05, 3.63) is 0 Å².